The summed E-state index contributed by atoms with van der Waals surface area (Å²) in [5, 5.41) is 9.23. The smallest absolute Gasteiger partial charge is 0.257 e. The molecular weight excluding hydrogens is 261 g/mol. The maximum absolute atomic E-state index is 13.8. The van der Waals surface area contributed by atoms with E-state index in [-0.39, 0.29) is 29.4 Å². The van der Waals surface area contributed by atoms with Crippen LogP contribution in [-0.2, 0) is 4.74 Å². The molecule has 2 unspecified atom stereocenters. The number of fused-ring (bicyclic) bond motifs is 1. The predicted molar refractivity (Wildman–Crippen MR) is 71.1 cm³/mol. The van der Waals surface area contributed by atoms with E-state index < -0.39 is 5.82 Å². The Labute approximate surface area is 117 Å². The largest absolute Gasteiger partial charge is 0.508 e. The first kappa shape index (κ1) is 13.4. The van der Waals surface area contributed by atoms with Gasteiger partial charge in [-0.15, -0.1) is 0 Å². The quantitative estimate of drug-likeness (QED) is 0.858. The molecular formula is C15H18FNO3. The van der Waals surface area contributed by atoms with Crippen LogP contribution in [0.2, 0.25) is 0 Å². The van der Waals surface area contributed by atoms with E-state index in [1.54, 1.807) is 4.90 Å². The number of phenolic OH excluding ortho intramolecular Hbond substituents is 1. The molecule has 1 aliphatic heterocycles. The van der Waals surface area contributed by atoms with Gasteiger partial charge in [-0.3, -0.25) is 4.79 Å². The summed E-state index contributed by atoms with van der Waals surface area (Å²) in [5.41, 5.74) is 0.0222. The molecule has 108 valence electrons. The number of rotatable bonds is 1. The van der Waals surface area contributed by atoms with E-state index in [0.29, 0.717) is 13.2 Å². The van der Waals surface area contributed by atoms with E-state index in [2.05, 4.69) is 0 Å². The molecule has 20 heavy (non-hydrogen) atoms. The van der Waals surface area contributed by atoms with Gasteiger partial charge < -0.3 is 14.7 Å². The van der Waals surface area contributed by atoms with Gasteiger partial charge in [-0.25, -0.2) is 4.39 Å². The van der Waals surface area contributed by atoms with Crippen molar-refractivity contribution in [1.29, 1.82) is 0 Å². The third-order valence-corrected chi connectivity index (χ3v) is 4.18. The summed E-state index contributed by atoms with van der Waals surface area (Å²) in [6.45, 7) is 1.01. The molecule has 0 bridgehead atoms. The zero-order chi connectivity index (χ0) is 14.1. The summed E-state index contributed by atoms with van der Waals surface area (Å²) < 4.78 is 19.6. The summed E-state index contributed by atoms with van der Waals surface area (Å²) in [5.74, 6) is -1.15. The van der Waals surface area contributed by atoms with Gasteiger partial charge in [0.05, 0.1) is 24.3 Å². The van der Waals surface area contributed by atoms with Gasteiger partial charge in [0.25, 0.3) is 5.91 Å². The van der Waals surface area contributed by atoms with Crippen molar-refractivity contribution in [3.8, 4) is 5.75 Å². The van der Waals surface area contributed by atoms with Crippen molar-refractivity contribution >= 4 is 5.91 Å². The third-order valence-electron chi connectivity index (χ3n) is 4.18. The minimum Gasteiger partial charge on any atom is -0.508 e. The molecule has 0 radical (unpaired) electrons. The highest BCUT2D eigenvalue weighted by Gasteiger charge is 2.37. The topological polar surface area (TPSA) is 49.8 Å². The fraction of sp³-hybridized carbons (Fsp3) is 0.533. The van der Waals surface area contributed by atoms with Gasteiger partial charge in [-0.1, -0.05) is 12.8 Å². The normalized spacial score (nSPS) is 26.1. The molecule has 2 aliphatic rings. The summed E-state index contributed by atoms with van der Waals surface area (Å²) in [6.07, 6.45) is 4.16. The molecule has 1 amide bonds. The maximum atomic E-state index is 13.8. The van der Waals surface area contributed by atoms with Crippen LogP contribution >= 0.6 is 0 Å². The molecule has 1 aromatic carbocycles. The first-order valence-electron chi connectivity index (χ1n) is 7.08. The number of benzene rings is 1. The first-order chi connectivity index (χ1) is 9.66. The highest BCUT2D eigenvalue weighted by molar-refractivity contribution is 5.95. The number of hydrogen-bond acceptors (Lipinski definition) is 3. The van der Waals surface area contributed by atoms with Gasteiger partial charge in [0.15, 0.2) is 0 Å². The highest BCUT2D eigenvalue weighted by Crippen LogP contribution is 2.30. The van der Waals surface area contributed by atoms with Gasteiger partial charge in [0.2, 0.25) is 0 Å². The first-order valence-corrected chi connectivity index (χ1v) is 7.08. The Morgan fingerprint density at radius 1 is 1.35 bits per heavy atom. The Kier molecular flexibility index (Phi) is 3.61. The molecule has 3 rings (SSSR count). The summed E-state index contributed by atoms with van der Waals surface area (Å²) >= 11 is 0. The predicted octanol–water partition coefficient (Wildman–Crippen LogP) is 2.31. The van der Waals surface area contributed by atoms with E-state index >= 15 is 0 Å². The van der Waals surface area contributed by atoms with Crippen LogP contribution in [0.25, 0.3) is 0 Å². The van der Waals surface area contributed by atoms with Crippen LogP contribution in [-0.4, -0.2) is 41.2 Å². The maximum Gasteiger partial charge on any atom is 0.257 e. The second kappa shape index (κ2) is 5.40. The van der Waals surface area contributed by atoms with Crippen LogP contribution in [0.15, 0.2) is 18.2 Å². The molecule has 0 spiro atoms. The standard InChI is InChI=1S/C15H18FNO3/c16-12-9-10(18)5-6-11(12)15(19)17-7-8-20-14-4-2-1-3-13(14)17/h5-6,9,13-14,18H,1-4,7-8H2. The zero-order valence-electron chi connectivity index (χ0n) is 11.2. The lowest BCUT2D eigenvalue weighted by Crippen LogP contribution is -2.54. The van der Waals surface area contributed by atoms with E-state index in [1.807, 2.05) is 0 Å². The van der Waals surface area contributed by atoms with Crippen molar-refractivity contribution < 1.29 is 19.0 Å². The SMILES string of the molecule is O=C(c1ccc(O)cc1F)N1CCOC2CCCCC21. The van der Waals surface area contributed by atoms with E-state index in [4.69, 9.17) is 4.74 Å². The van der Waals surface area contributed by atoms with Crippen molar-refractivity contribution in [3.05, 3.63) is 29.6 Å². The molecule has 1 aliphatic carbocycles. The van der Waals surface area contributed by atoms with Gasteiger partial charge >= 0.3 is 0 Å². The summed E-state index contributed by atoms with van der Waals surface area (Å²) in [6, 6.07) is 3.72. The van der Waals surface area contributed by atoms with Gasteiger partial charge in [-0.2, -0.15) is 0 Å². The fourth-order valence-corrected chi connectivity index (χ4v) is 3.18. The lowest BCUT2D eigenvalue weighted by Gasteiger charge is -2.43. The second-order valence-corrected chi connectivity index (χ2v) is 5.42. The van der Waals surface area contributed by atoms with E-state index in [0.717, 1.165) is 31.7 Å². The lowest BCUT2D eigenvalue weighted by atomic mass is 9.89. The Morgan fingerprint density at radius 3 is 2.95 bits per heavy atom. The van der Waals surface area contributed by atoms with Crippen LogP contribution < -0.4 is 0 Å². The molecule has 0 aromatic heterocycles. The minimum absolute atomic E-state index is 0.0222. The number of hydrogen-bond donors (Lipinski definition) is 1. The second-order valence-electron chi connectivity index (χ2n) is 5.42. The average Bonchev–Trinajstić information content (AvgIpc) is 2.46. The van der Waals surface area contributed by atoms with Crippen LogP contribution in [0.5, 0.6) is 5.75 Å². The van der Waals surface area contributed by atoms with E-state index in [1.165, 1.54) is 12.1 Å². The molecule has 2 fully saturated rings. The van der Waals surface area contributed by atoms with Crippen molar-refractivity contribution in [3.63, 3.8) is 0 Å². The molecule has 2 atom stereocenters. The number of ether oxygens (including phenoxy) is 1. The highest BCUT2D eigenvalue weighted by atomic mass is 19.1. The minimum atomic E-state index is -0.672. The molecule has 1 N–H and O–H groups in total. The molecule has 1 saturated heterocycles. The fourth-order valence-electron chi connectivity index (χ4n) is 3.18. The van der Waals surface area contributed by atoms with Crippen LogP contribution in [0.3, 0.4) is 0 Å². The van der Waals surface area contributed by atoms with Crippen molar-refractivity contribution in [1.82, 2.24) is 4.90 Å². The Hall–Kier alpha value is -1.62. The third kappa shape index (κ3) is 2.38. The zero-order valence-corrected chi connectivity index (χ0v) is 11.2. The number of morpholine rings is 1. The number of halogens is 1. The van der Waals surface area contributed by atoms with Gasteiger partial charge in [-0.05, 0) is 25.0 Å². The number of nitrogens with zero attached hydrogens (tertiary/aromatic N) is 1. The number of aromatic hydroxyl groups is 1. The number of carbonyl (C=O) groups is 1. The van der Waals surface area contributed by atoms with Crippen molar-refractivity contribution in [2.45, 2.75) is 37.8 Å². The monoisotopic (exact) mass is 279 g/mol. The van der Waals surface area contributed by atoms with Gasteiger partial charge in [0, 0.05) is 12.6 Å². The molecule has 1 heterocycles. The molecule has 1 aromatic rings. The molecule has 1 saturated carbocycles. The Morgan fingerprint density at radius 2 is 2.15 bits per heavy atom. The average molecular weight is 279 g/mol. The molecule has 5 heteroatoms. The summed E-state index contributed by atoms with van der Waals surface area (Å²) in [4.78, 5) is 14.3. The van der Waals surface area contributed by atoms with Gasteiger partial charge in [0.1, 0.15) is 11.6 Å². The number of amides is 1. The summed E-state index contributed by atoms with van der Waals surface area (Å²) in [7, 11) is 0. The Bertz CT molecular complexity index is 518. The number of carbonyl (C=O) groups excluding carboxylic acids is 1. The van der Waals surface area contributed by atoms with Crippen molar-refractivity contribution in [2.24, 2.45) is 0 Å². The number of phenols is 1. The molecule has 4 nitrogen and oxygen atoms in total. The van der Waals surface area contributed by atoms with Crippen molar-refractivity contribution in [2.75, 3.05) is 13.2 Å². The van der Waals surface area contributed by atoms with E-state index in [9.17, 15) is 14.3 Å². The van der Waals surface area contributed by atoms with Crippen LogP contribution in [0.4, 0.5) is 4.39 Å². The van der Waals surface area contributed by atoms with Crippen LogP contribution in [0.1, 0.15) is 36.0 Å². The lowest BCUT2D eigenvalue weighted by molar-refractivity contribution is -0.0753. The van der Waals surface area contributed by atoms with Crippen LogP contribution in [0, 0.1) is 5.82 Å². The Balaban J connectivity index is 1.85.